The Labute approximate surface area is 147 Å². The SMILES string of the molecule is CC(=O)NCC1CC(c2ccc(C3=CCN(C(C)=O)CC3)cc2)=NO1. The number of benzene rings is 1. The summed E-state index contributed by atoms with van der Waals surface area (Å²) in [6, 6.07) is 8.29. The van der Waals surface area contributed by atoms with Crippen molar-refractivity contribution in [3.05, 3.63) is 41.5 Å². The molecule has 3 rings (SSSR count). The molecule has 0 aliphatic carbocycles. The molecular formula is C19H23N3O3. The van der Waals surface area contributed by atoms with Gasteiger partial charge in [0, 0.05) is 33.4 Å². The van der Waals surface area contributed by atoms with Crippen molar-refractivity contribution in [2.24, 2.45) is 5.16 Å². The monoisotopic (exact) mass is 341 g/mol. The molecule has 0 aromatic heterocycles. The molecule has 1 unspecified atom stereocenters. The highest BCUT2D eigenvalue weighted by Gasteiger charge is 2.22. The van der Waals surface area contributed by atoms with Crippen LogP contribution in [0.15, 0.2) is 35.5 Å². The summed E-state index contributed by atoms with van der Waals surface area (Å²) in [6.07, 6.45) is 3.59. The Morgan fingerprint density at radius 3 is 2.56 bits per heavy atom. The molecular weight excluding hydrogens is 318 g/mol. The van der Waals surface area contributed by atoms with Crippen molar-refractivity contribution in [1.82, 2.24) is 10.2 Å². The first-order chi connectivity index (χ1) is 12.0. The Morgan fingerprint density at radius 2 is 1.96 bits per heavy atom. The summed E-state index contributed by atoms with van der Waals surface area (Å²) < 4.78 is 0. The van der Waals surface area contributed by atoms with Gasteiger partial charge in [0.2, 0.25) is 11.8 Å². The molecule has 0 radical (unpaired) electrons. The van der Waals surface area contributed by atoms with E-state index < -0.39 is 0 Å². The summed E-state index contributed by atoms with van der Waals surface area (Å²) in [5.74, 6) is 0.0595. The van der Waals surface area contributed by atoms with E-state index in [-0.39, 0.29) is 17.9 Å². The standard InChI is InChI=1S/C19H23N3O3/c1-13(23)20-12-18-11-19(21-25-18)17-5-3-15(4-6-17)16-7-9-22(10-8-16)14(2)24/h3-7,18H,8-12H2,1-2H3,(H,20,23). The van der Waals surface area contributed by atoms with Gasteiger partial charge in [-0.3, -0.25) is 9.59 Å². The Bertz CT molecular complexity index is 722. The summed E-state index contributed by atoms with van der Waals surface area (Å²) in [5, 5.41) is 6.89. The minimum absolute atomic E-state index is 0.0644. The van der Waals surface area contributed by atoms with Gasteiger partial charge in [-0.1, -0.05) is 35.5 Å². The zero-order chi connectivity index (χ0) is 17.8. The summed E-state index contributed by atoms with van der Waals surface area (Å²) in [4.78, 5) is 29.6. The zero-order valence-corrected chi connectivity index (χ0v) is 14.6. The van der Waals surface area contributed by atoms with Crippen molar-refractivity contribution in [2.45, 2.75) is 32.8 Å². The molecule has 132 valence electrons. The molecule has 0 saturated heterocycles. The maximum absolute atomic E-state index is 11.4. The van der Waals surface area contributed by atoms with Crippen LogP contribution in [0, 0.1) is 0 Å². The van der Waals surface area contributed by atoms with Gasteiger partial charge in [0.25, 0.3) is 0 Å². The maximum atomic E-state index is 11.4. The average Bonchev–Trinajstić information content (AvgIpc) is 3.09. The normalized spacial score (nSPS) is 19.8. The average molecular weight is 341 g/mol. The minimum atomic E-state index is -0.0998. The lowest BCUT2D eigenvalue weighted by molar-refractivity contribution is -0.128. The van der Waals surface area contributed by atoms with Crippen molar-refractivity contribution >= 4 is 23.1 Å². The Kier molecular flexibility index (Phi) is 5.16. The van der Waals surface area contributed by atoms with Gasteiger partial charge in [0.1, 0.15) is 6.10 Å². The van der Waals surface area contributed by atoms with Gasteiger partial charge in [0.15, 0.2) is 0 Å². The molecule has 2 aliphatic rings. The summed E-state index contributed by atoms with van der Waals surface area (Å²) in [6.45, 7) is 5.02. The number of carbonyl (C=O) groups is 2. The van der Waals surface area contributed by atoms with Gasteiger partial charge in [-0.25, -0.2) is 0 Å². The number of nitrogens with zero attached hydrogens (tertiary/aromatic N) is 2. The second kappa shape index (κ2) is 7.51. The van der Waals surface area contributed by atoms with Crippen LogP contribution in [-0.4, -0.2) is 48.2 Å². The summed E-state index contributed by atoms with van der Waals surface area (Å²) >= 11 is 0. The summed E-state index contributed by atoms with van der Waals surface area (Å²) in [5.41, 5.74) is 4.40. The van der Waals surface area contributed by atoms with E-state index in [4.69, 9.17) is 4.84 Å². The van der Waals surface area contributed by atoms with E-state index in [1.54, 1.807) is 6.92 Å². The second-order valence-corrected chi connectivity index (χ2v) is 6.43. The lowest BCUT2D eigenvalue weighted by Crippen LogP contribution is -2.32. The first-order valence-electron chi connectivity index (χ1n) is 8.55. The molecule has 2 amide bonds. The Morgan fingerprint density at radius 1 is 1.24 bits per heavy atom. The van der Waals surface area contributed by atoms with Crippen molar-refractivity contribution in [1.29, 1.82) is 0 Å². The predicted molar refractivity (Wildman–Crippen MR) is 96.0 cm³/mol. The fraction of sp³-hybridized carbons (Fsp3) is 0.421. The lowest BCUT2D eigenvalue weighted by Gasteiger charge is -2.25. The van der Waals surface area contributed by atoms with E-state index in [1.165, 1.54) is 18.1 Å². The zero-order valence-electron chi connectivity index (χ0n) is 14.6. The Balaban J connectivity index is 1.60. The van der Waals surface area contributed by atoms with Crippen LogP contribution in [0.25, 0.3) is 5.57 Å². The fourth-order valence-electron chi connectivity index (χ4n) is 3.06. The number of hydrogen-bond donors (Lipinski definition) is 1. The van der Waals surface area contributed by atoms with Gasteiger partial charge in [-0.05, 0) is 23.1 Å². The molecule has 1 N–H and O–H groups in total. The van der Waals surface area contributed by atoms with Crippen molar-refractivity contribution in [2.75, 3.05) is 19.6 Å². The molecule has 1 aromatic carbocycles. The van der Waals surface area contributed by atoms with Gasteiger partial charge < -0.3 is 15.1 Å². The number of amides is 2. The fourth-order valence-corrected chi connectivity index (χ4v) is 3.06. The van der Waals surface area contributed by atoms with E-state index >= 15 is 0 Å². The van der Waals surface area contributed by atoms with Crippen LogP contribution in [0.3, 0.4) is 0 Å². The third kappa shape index (κ3) is 4.26. The molecule has 6 nitrogen and oxygen atoms in total. The van der Waals surface area contributed by atoms with Crippen molar-refractivity contribution in [3.8, 4) is 0 Å². The predicted octanol–water partition coefficient (Wildman–Crippen LogP) is 1.95. The number of nitrogens with one attached hydrogen (secondary N) is 1. The van der Waals surface area contributed by atoms with E-state index in [9.17, 15) is 9.59 Å². The molecule has 0 bridgehead atoms. The number of rotatable bonds is 4. The van der Waals surface area contributed by atoms with Gasteiger partial charge in [-0.2, -0.15) is 0 Å². The number of carbonyl (C=O) groups excluding carboxylic acids is 2. The van der Waals surface area contributed by atoms with Crippen molar-refractivity contribution < 1.29 is 14.4 Å². The van der Waals surface area contributed by atoms with Crippen LogP contribution < -0.4 is 5.32 Å². The highest BCUT2D eigenvalue weighted by atomic mass is 16.6. The van der Waals surface area contributed by atoms with Crippen LogP contribution in [0.5, 0.6) is 0 Å². The molecule has 0 spiro atoms. The topological polar surface area (TPSA) is 71.0 Å². The van der Waals surface area contributed by atoms with E-state index in [0.717, 1.165) is 24.2 Å². The van der Waals surface area contributed by atoms with E-state index in [1.807, 2.05) is 4.90 Å². The molecule has 1 atom stereocenters. The first kappa shape index (κ1) is 17.2. The molecule has 6 heteroatoms. The number of hydrogen-bond acceptors (Lipinski definition) is 4. The van der Waals surface area contributed by atoms with Gasteiger partial charge >= 0.3 is 0 Å². The van der Waals surface area contributed by atoms with Crippen LogP contribution in [0.4, 0.5) is 0 Å². The molecule has 1 aromatic rings. The Hall–Kier alpha value is -2.63. The minimum Gasteiger partial charge on any atom is -0.390 e. The molecule has 2 aliphatic heterocycles. The highest BCUT2D eigenvalue weighted by Crippen LogP contribution is 2.24. The van der Waals surface area contributed by atoms with Crippen LogP contribution in [-0.2, 0) is 14.4 Å². The molecule has 2 heterocycles. The smallest absolute Gasteiger partial charge is 0.219 e. The third-order valence-corrected chi connectivity index (χ3v) is 4.56. The highest BCUT2D eigenvalue weighted by molar-refractivity contribution is 6.01. The summed E-state index contributed by atoms with van der Waals surface area (Å²) in [7, 11) is 0. The first-order valence-corrected chi connectivity index (χ1v) is 8.55. The maximum Gasteiger partial charge on any atom is 0.219 e. The third-order valence-electron chi connectivity index (χ3n) is 4.56. The van der Waals surface area contributed by atoms with Crippen molar-refractivity contribution in [3.63, 3.8) is 0 Å². The van der Waals surface area contributed by atoms with Gasteiger partial charge in [0.05, 0.1) is 12.3 Å². The molecule has 0 fully saturated rings. The van der Waals surface area contributed by atoms with Crippen LogP contribution in [0.1, 0.15) is 37.8 Å². The van der Waals surface area contributed by atoms with Gasteiger partial charge in [-0.15, -0.1) is 0 Å². The lowest BCUT2D eigenvalue weighted by atomic mass is 9.96. The van der Waals surface area contributed by atoms with E-state index in [0.29, 0.717) is 19.5 Å². The largest absolute Gasteiger partial charge is 0.390 e. The van der Waals surface area contributed by atoms with Crippen LogP contribution in [0.2, 0.25) is 0 Å². The van der Waals surface area contributed by atoms with E-state index in [2.05, 4.69) is 40.8 Å². The molecule has 0 saturated carbocycles. The quantitative estimate of drug-likeness (QED) is 0.910. The van der Waals surface area contributed by atoms with Crippen LogP contribution >= 0.6 is 0 Å². The number of oxime groups is 1. The molecule has 25 heavy (non-hydrogen) atoms. The second-order valence-electron chi connectivity index (χ2n) is 6.43.